The van der Waals surface area contributed by atoms with Crippen LogP contribution in [0.15, 0.2) is 4.52 Å². The first kappa shape index (κ1) is 11.1. The van der Waals surface area contributed by atoms with Crippen molar-refractivity contribution in [3.05, 3.63) is 11.7 Å². The highest BCUT2D eigenvalue weighted by molar-refractivity contribution is 4.83. The molecule has 0 aliphatic heterocycles. The molecule has 0 saturated heterocycles. The maximum Gasteiger partial charge on any atom is 0.252 e. The van der Waals surface area contributed by atoms with Crippen LogP contribution < -0.4 is 5.73 Å². The molecule has 0 bridgehead atoms. The average molecular weight is 199 g/mol. The lowest BCUT2D eigenvalue weighted by Gasteiger charge is -2.17. The van der Waals surface area contributed by atoms with Gasteiger partial charge in [0.05, 0.1) is 6.61 Å². The van der Waals surface area contributed by atoms with Crippen molar-refractivity contribution in [2.24, 2.45) is 5.73 Å². The molecule has 5 heteroatoms. The Kier molecular flexibility index (Phi) is 3.60. The Bertz CT molecular complexity index is 278. The Morgan fingerprint density at radius 2 is 2.21 bits per heavy atom. The highest BCUT2D eigenvalue weighted by atomic mass is 16.5. The second kappa shape index (κ2) is 4.52. The number of hydrogen-bond acceptors (Lipinski definition) is 5. The molecule has 0 unspecified atom stereocenters. The summed E-state index contributed by atoms with van der Waals surface area (Å²) in [5, 5.41) is 3.75. The largest absolute Gasteiger partial charge is 0.370 e. The van der Waals surface area contributed by atoms with Crippen molar-refractivity contribution in [1.29, 1.82) is 0 Å². The van der Waals surface area contributed by atoms with Crippen LogP contribution in [-0.4, -0.2) is 22.3 Å². The van der Waals surface area contributed by atoms with Gasteiger partial charge in [0.2, 0.25) is 0 Å². The molecule has 14 heavy (non-hydrogen) atoms. The zero-order valence-corrected chi connectivity index (χ0v) is 8.91. The zero-order valence-electron chi connectivity index (χ0n) is 8.91. The lowest BCUT2D eigenvalue weighted by molar-refractivity contribution is 0.0674. The van der Waals surface area contributed by atoms with Gasteiger partial charge in [-0.15, -0.1) is 0 Å². The van der Waals surface area contributed by atoms with E-state index in [1.54, 1.807) is 0 Å². The number of ether oxygens (including phenoxy) is 1. The zero-order chi connectivity index (χ0) is 10.6. The van der Waals surface area contributed by atoms with Gasteiger partial charge in [0, 0.05) is 12.0 Å². The highest BCUT2D eigenvalue weighted by Gasteiger charge is 2.12. The summed E-state index contributed by atoms with van der Waals surface area (Å²) in [6.07, 6.45) is 0.770. The molecule has 0 radical (unpaired) electrons. The quantitative estimate of drug-likeness (QED) is 0.762. The minimum absolute atomic E-state index is 0.326. The number of nitrogens with zero attached hydrogens (tertiary/aromatic N) is 2. The summed E-state index contributed by atoms with van der Waals surface area (Å²) >= 11 is 0. The van der Waals surface area contributed by atoms with Crippen LogP contribution in [0, 0.1) is 0 Å². The first-order valence-corrected chi connectivity index (χ1v) is 4.69. The van der Waals surface area contributed by atoms with Crippen molar-refractivity contribution in [3.8, 4) is 0 Å². The molecule has 0 aromatic carbocycles. The predicted octanol–water partition coefficient (Wildman–Crippen LogP) is 0.886. The molecule has 1 heterocycles. The minimum Gasteiger partial charge on any atom is -0.370 e. The maximum absolute atomic E-state index is 5.74. The van der Waals surface area contributed by atoms with E-state index in [0.717, 1.165) is 6.42 Å². The summed E-state index contributed by atoms with van der Waals surface area (Å²) in [6.45, 7) is 6.57. The lowest BCUT2D eigenvalue weighted by atomic mass is 10.1. The van der Waals surface area contributed by atoms with E-state index in [4.69, 9.17) is 15.0 Å². The predicted molar refractivity (Wildman–Crippen MR) is 51.6 cm³/mol. The summed E-state index contributed by atoms with van der Waals surface area (Å²) in [5.74, 6) is 1.21. The number of nitrogens with two attached hydrogens (primary N) is 1. The summed E-state index contributed by atoms with van der Waals surface area (Å²) in [6, 6.07) is 0. The highest BCUT2D eigenvalue weighted by Crippen LogP contribution is 2.03. The third kappa shape index (κ3) is 3.85. The number of hydrogen-bond donors (Lipinski definition) is 1. The number of aromatic nitrogens is 2. The van der Waals surface area contributed by atoms with Crippen molar-refractivity contribution >= 4 is 0 Å². The van der Waals surface area contributed by atoms with E-state index >= 15 is 0 Å². The van der Waals surface area contributed by atoms with Crippen LogP contribution in [-0.2, 0) is 17.8 Å². The van der Waals surface area contributed by atoms with Gasteiger partial charge in [-0.3, -0.25) is 0 Å². The van der Waals surface area contributed by atoms with Gasteiger partial charge in [-0.25, -0.2) is 0 Å². The van der Waals surface area contributed by atoms with Gasteiger partial charge in [-0.05, 0) is 13.8 Å². The molecule has 5 nitrogen and oxygen atoms in total. The molecule has 80 valence electrons. The molecule has 1 aromatic heterocycles. The van der Waals surface area contributed by atoms with Crippen LogP contribution in [0.3, 0.4) is 0 Å². The van der Waals surface area contributed by atoms with Crippen LogP contribution >= 0.6 is 0 Å². The molecule has 0 atom stereocenters. The maximum atomic E-state index is 5.74. The van der Waals surface area contributed by atoms with Gasteiger partial charge in [-0.1, -0.05) is 12.1 Å². The molecule has 0 amide bonds. The smallest absolute Gasteiger partial charge is 0.252 e. The van der Waals surface area contributed by atoms with Gasteiger partial charge in [0.1, 0.15) is 6.61 Å². The monoisotopic (exact) mass is 199 g/mol. The molecule has 1 rings (SSSR count). The molecule has 2 N–H and O–H groups in total. The molecule has 0 aliphatic rings. The summed E-state index contributed by atoms with van der Waals surface area (Å²) < 4.78 is 10.3. The van der Waals surface area contributed by atoms with E-state index in [1.807, 2.05) is 20.8 Å². The Morgan fingerprint density at radius 1 is 1.50 bits per heavy atom. The Balaban J connectivity index is 2.31. The van der Waals surface area contributed by atoms with E-state index in [1.165, 1.54) is 0 Å². The average Bonchev–Trinajstić information content (AvgIpc) is 2.50. The fourth-order valence-electron chi connectivity index (χ4n) is 0.894. The Hall–Kier alpha value is -0.940. The summed E-state index contributed by atoms with van der Waals surface area (Å²) in [5.41, 5.74) is 5.41. The van der Waals surface area contributed by atoms with E-state index in [2.05, 4.69) is 10.1 Å². The third-order valence-electron chi connectivity index (χ3n) is 1.53. The standard InChI is InChI=1S/C9H17N3O2/c1-4-7-11-8(14-12-7)5-13-6-9(2,3)10/h4-6,10H2,1-3H3. The molecule has 0 aliphatic carbocycles. The van der Waals surface area contributed by atoms with Gasteiger partial charge in [0.15, 0.2) is 5.82 Å². The van der Waals surface area contributed by atoms with Crippen molar-refractivity contribution < 1.29 is 9.26 Å². The lowest BCUT2D eigenvalue weighted by Crippen LogP contribution is -2.37. The van der Waals surface area contributed by atoms with Gasteiger partial charge < -0.3 is 15.0 Å². The van der Waals surface area contributed by atoms with E-state index in [9.17, 15) is 0 Å². The van der Waals surface area contributed by atoms with E-state index < -0.39 is 0 Å². The van der Waals surface area contributed by atoms with Crippen LogP contribution in [0.25, 0.3) is 0 Å². The molecule has 0 spiro atoms. The van der Waals surface area contributed by atoms with Crippen LogP contribution in [0.4, 0.5) is 0 Å². The van der Waals surface area contributed by atoms with Crippen LogP contribution in [0.1, 0.15) is 32.5 Å². The van der Waals surface area contributed by atoms with Crippen molar-refractivity contribution in [1.82, 2.24) is 10.1 Å². The van der Waals surface area contributed by atoms with Crippen LogP contribution in [0.5, 0.6) is 0 Å². The Morgan fingerprint density at radius 3 is 2.71 bits per heavy atom. The molecule has 1 aromatic rings. The third-order valence-corrected chi connectivity index (χ3v) is 1.53. The second-order valence-corrected chi connectivity index (χ2v) is 3.94. The van der Waals surface area contributed by atoms with Crippen LogP contribution in [0.2, 0.25) is 0 Å². The Labute approximate surface area is 83.6 Å². The fourth-order valence-corrected chi connectivity index (χ4v) is 0.894. The van der Waals surface area contributed by atoms with Crippen molar-refractivity contribution in [2.75, 3.05) is 6.61 Å². The summed E-state index contributed by atoms with van der Waals surface area (Å²) in [7, 11) is 0. The first-order chi connectivity index (χ1) is 6.51. The number of rotatable bonds is 5. The van der Waals surface area contributed by atoms with Crippen molar-refractivity contribution in [2.45, 2.75) is 39.3 Å². The molecular weight excluding hydrogens is 182 g/mol. The minimum atomic E-state index is -0.326. The molecule has 0 fully saturated rings. The first-order valence-electron chi connectivity index (χ1n) is 4.69. The number of aryl methyl sites for hydroxylation is 1. The van der Waals surface area contributed by atoms with Gasteiger partial charge in [0.25, 0.3) is 5.89 Å². The SMILES string of the molecule is CCc1noc(COCC(C)(C)N)n1. The fraction of sp³-hybridized carbons (Fsp3) is 0.778. The van der Waals surface area contributed by atoms with E-state index in [-0.39, 0.29) is 5.54 Å². The van der Waals surface area contributed by atoms with E-state index in [0.29, 0.717) is 24.9 Å². The molecule has 0 saturated carbocycles. The topological polar surface area (TPSA) is 74.2 Å². The van der Waals surface area contributed by atoms with Gasteiger partial charge in [-0.2, -0.15) is 4.98 Å². The molecular formula is C9H17N3O2. The normalized spacial score (nSPS) is 12.0. The summed E-state index contributed by atoms with van der Waals surface area (Å²) in [4.78, 5) is 4.10. The van der Waals surface area contributed by atoms with Gasteiger partial charge >= 0.3 is 0 Å². The van der Waals surface area contributed by atoms with Crippen molar-refractivity contribution in [3.63, 3.8) is 0 Å². The second-order valence-electron chi connectivity index (χ2n) is 3.94.